The Labute approximate surface area is 207 Å². The van der Waals surface area contributed by atoms with Gasteiger partial charge in [-0.05, 0) is 111 Å². The van der Waals surface area contributed by atoms with E-state index in [1.54, 1.807) is 6.33 Å². The van der Waals surface area contributed by atoms with E-state index in [9.17, 15) is 0 Å². The maximum atomic E-state index is 4.21. The summed E-state index contributed by atoms with van der Waals surface area (Å²) >= 11 is 0. The molecule has 0 bridgehead atoms. The summed E-state index contributed by atoms with van der Waals surface area (Å²) in [5.74, 6) is 0.906. The summed E-state index contributed by atoms with van der Waals surface area (Å²) in [4.78, 5) is 9.89. The van der Waals surface area contributed by atoms with Crippen LogP contribution in [0.2, 0.25) is 0 Å². The Balaban J connectivity index is 0.000000212. The van der Waals surface area contributed by atoms with E-state index in [-0.39, 0.29) is 0 Å². The zero-order chi connectivity index (χ0) is 24.7. The fourth-order valence-corrected chi connectivity index (χ4v) is 4.73. The van der Waals surface area contributed by atoms with Gasteiger partial charge in [0, 0.05) is 6.54 Å². The van der Waals surface area contributed by atoms with Crippen molar-refractivity contribution in [3.8, 4) is 0 Å². The minimum Gasteiger partial charge on any atom is -0.345 e. The van der Waals surface area contributed by atoms with E-state index in [1.807, 2.05) is 6.92 Å². The maximum Gasteiger partial charge on any atom is 0.0931 e. The van der Waals surface area contributed by atoms with Crippen LogP contribution in [-0.2, 0) is 13.0 Å². The van der Waals surface area contributed by atoms with E-state index >= 15 is 0 Å². The predicted octanol–water partition coefficient (Wildman–Crippen LogP) is 8.20. The molecule has 4 rings (SSSR count). The molecule has 0 aliphatic carbocycles. The number of benzene rings is 2. The number of piperidine rings is 1. The van der Waals surface area contributed by atoms with Crippen LogP contribution >= 0.6 is 0 Å². The van der Waals surface area contributed by atoms with Gasteiger partial charge in [0.1, 0.15) is 0 Å². The number of nitrogens with zero attached hydrogens (tertiary/aromatic N) is 2. The molecule has 1 aliphatic rings. The molecule has 34 heavy (non-hydrogen) atoms. The lowest BCUT2D eigenvalue weighted by Crippen LogP contribution is -2.32. The highest BCUT2D eigenvalue weighted by molar-refractivity contribution is 5.81. The Morgan fingerprint density at radius 3 is 2.41 bits per heavy atom. The number of hydrogen-bond acceptors (Lipinski definition) is 2. The molecule has 1 N–H and O–H groups in total. The van der Waals surface area contributed by atoms with Gasteiger partial charge in [-0.3, -0.25) is 4.90 Å². The fourth-order valence-electron chi connectivity index (χ4n) is 4.73. The summed E-state index contributed by atoms with van der Waals surface area (Å²) in [6, 6.07) is 11.2. The molecule has 0 amide bonds. The van der Waals surface area contributed by atoms with Gasteiger partial charge < -0.3 is 4.98 Å². The van der Waals surface area contributed by atoms with Gasteiger partial charge in [0.15, 0.2) is 0 Å². The number of likely N-dealkylation sites (tertiary alicyclic amines) is 1. The highest BCUT2D eigenvalue weighted by Crippen LogP contribution is 2.24. The lowest BCUT2D eigenvalue weighted by Gasteiger charge is -2.30. The van der Waals surface area contributed by atoms with Crippen LogP contribution in [0.5, 0.6) is 0 Å². The predicted molar refractivity (Wildman–Crippen MR) is 149 cm³/mol. The highest BCUT2D eigenvalue weighted by Gasteiger charge is 2.16. The third-order valence-corrected chi connectivity index (χ3v) is 6.94. The van der Waals surface area contributed by atoms with Gasteiger partial charge in [0.05, 0.1) is 17.4 Å². The molecule has 0 radical (unpaired) electrons. The lowest BCUT2D eigenvalue weighted by molar-refractivity contribution is 0.185. The van der Waals surface area contributed by atoms with Crippen LogP contribution < -0.4 is 0 Å². The Morgan fingerprint density at radius 2 is 1.76 bits per heavy atom. The minimum atomic E-state index is 0.906. The third-order valence-electron chi connectivity index (χ3n) is 6.94. The Morgan fingerprint density at radius 1 is 1.06 bits per heavy atom. The quantitative estimate of drug-likeness (QED) is 0.388. The largest absolute Gasteiger partial charge is 0.345 e. The average molecular weight is 458 g/mol. The molecule has 3 nitrogen and oxygen atoms in total. The molecule has 0 spiro atoms. The van der Waals surface area contributed by atoms with Crippen LogP contribution in [0.4, 0.5) is 0 Å². The van der Waals surface area contributed by atoms with Crippen molar-refractivity contribution >= 4 is 22.2 Å². The van der Waals surface area contributed by atoms with Crippen molar-refractivity contribution in [3.63, 3.8) is 0 Å². The van der Waals surface area contributed by atoms with Gasteiger partial charge in [-0.1, -0.05) is 56.7 Å². The summed E-state index contributed by atoms with van der Waals surface area (Å²) < 4.78 is 0. The van der Waals surface area contributed by atoms with Gasteiger partial charge in [-0.15, -0.1) is 0 Å². The van der Waals surface area contributed by atoms with Crippen molar-refractivity contribution < 1.29 is 0 Å². The molecular formula is C31H43N3. The fraction of sp³-hybridized carbons (Fsp3) is 0.452. The van der Waals surface area contributed by atoms with Gasteiger partial charge in [-0.2, -0.15) is 0 Å². The van der Waals surface area contributed by atoms with Gasteiger partial charge in [0.2, 0.25) is 0 Å². The van der Waals surface area contributed by atoms with E-state index in [0.29, 0.717) is 0 Å². The molecule has 1 aromatic heterocycles. The van der Waals surface area contributed by atoms with Crippen molar-refractivity contribution in [1.82, 2.24) is 14.9 Å². The molecule has 2 heterocycles. The van der Waals surface area contributed by atoms with Crippen LogP contribution in [0.3, 0.4) is 0 Å². The molecule has 2 aromatic carbocycles. The number of allylic oxidation sites excluding steroid dienone is 2. The highest BCUT2D eigenvalue weighted by atomic mass is 15.1. The zero-order valence-electron chi connectivity index (χ0n) is 22.0. The molecule has 0 saturated carbocycles. The van der Waals surface area contributed by atoms with Crippen molar-refractivity contribution in [2.24, 2.45) is 5.92 Å². The zero-order valence-corrected chi connectivity index (χ0v) is 22.0. The molecular weight excluding hydrogens is 414 g/mol. The van der Waals surface area contributed by atoms with Crippen LogP contribution in [0.15, 0.2) is 49.8 Å². The van der Waals surface area contributed by atoms with Crippen LogP contribution in [-0.4, -0.2) is 28.0 Å². The monoisotopic (exact) mass is 457 g/mol. The number of fused-ring (bicyclic) bond motifs is 1. The van der Waals surface area contributed by atoms with Crippen LogP contribution in [0.25, 0.3) is 22.2 Å². The van der Waals surface area contributed by atoms with Gasteiger partial charge in [-0.25, -0.2) is 4.98 Å². The number of aromatic nitrogens is 2. The Bertz CT molecular complexity index is 1110. The summed E-state index contributed by atoms with van der Waals surface area (Å²) in [5.41, 5.74) is 11.1. The molecule has 3 heteroatoms. The van der Waals surface area contributed by atoms with Crippen molar-refractivity contribution in [3.05, 3.63) is 77.6 Å². The van der Waals surface area contributed by atoms with E-state index in [4.69, 9.17) is 0 Å². The molecule has 182 valence electrons. The topological polar surface area (TPSA) is 31.9 Å². The second kappa shape index (κ2) is 12.2. The number of aromatic amines is 1. The lowest BCUT2D eigenvalue weighted by atomic mass is 9.94. The number of aryl methyl sites for hydroxylation is 2. The Hall–Kier alpha value is -2.65. The number of H-pyrrole nitrogens is 1. The van der Waals surface area contributed by atoms with E-state index < -0.39 is 0 Å². The average Bonchev–Trinajstić information content (AvgIpc) is 3.26. The molecule has 0 atom stereocenters. The molecule has 1 aliphatic heterocycles. The number of unbranched alkanes of at least 4 members (excludes halogenated alkanes) is 1. The summed E-state index contributed by atoms with van der Waals surface area (Å²) in [7, 11) is 0. The second-order valence-corrected chi connectivity index (χ2v) is 10.2. The molecule has 3 aromatic rings. The van der Waals surface area contributed by atoms with Gasteiger partial charge in [0.25, 0.3) is 0 Å². The number of hydrogen-bond donors (Lipinski definition) is 1. The van der Waals surface area contributed by atoms with E-state index in [1.165, 1.54) is 78.6 Å². The second-order valence-electron chi connectivity index (χ2n) is 10.2. The first-order chi connectivity index (χ1) is 16.3. The number of imidazole rings is 1. The summed E-state index contributed by atoms with van der Waals surface area (Å²) in [6.45, 7) is 22.6. The van der Waals surface area contributed by atoms with E-state index in [2.05, 4.69) is 86.1 Å². The standard InChI is InChI=1S/C20H31N.C11H12N2/c1-5-6-7-19-9-8-18(14-20(19)16(2)3)15-21-12-10-17(4)11-13-21;1-7(2)9-5-11-10(4-8(9)3)12-6-13-11/h8-9,14,17H,2,5-7,10-13,15H2,1,3-4H3;4-6H,1H2,2-3H3,(H,12,13). The van der Waals surface area contributed by atoms with Gasteiger partial charge >= 0.3 is 0 Å². The normalized spacial score (nSPS) is 14.6. The van der Waals surface area contributed by atoms with Crippen LogP contribution in [0, 0.1) is 12.8 Å². The number of rotatable bonds is 7. The van der Waals surface area contributed by atoms with Crippen LogP contribution in [0.1, 0.15) is 81.2 Å². The first-order valence-electron chi connectivity index (χ1n) is 12.9. The van der Waals surface area contributed by atoms with Crippen molar-refractivity contribution in [1.29, 1.82) is 0 Å². The SMILES string of the molecule is C=C(C)c1cc(CN2CCC(C)CC2)ccc1CCCC.C=C(C)c1cc2nc[nH]c2cc1C. The third kappa shape index (κ3) is 6.93. The van der Waals surface area contributed by atoms with E-state index in [0.717, 1.165) is 29.1 Å². The first kappa shape index (κ1) is 26.0. The Kier molecular flexibility index (Phi) is 9.29. The van der Waals surface area contributed by atoms with Crippen molar-refractivity contribution in [2.75, 3.05) is 13.1 Å². The minimum absolute atomic E-state index is 0.906. The first-order valence-corrected chi connectivity index (χ1v) is 12.9. The van der Waals surface area contributed by atoms with Crippen molar-refractivity contribution in [2.45, 2.75) is 73.3 Å². The summed E-state index contributed by atoms with van der Waals surface area (Å²) in [6.07, 6.45) is 8.11. The molecule has 1 saturated heterocycles. The smallest absolute Gasteiger partial charge is 0.0931 e. The molecule has 1 fully saturated rings. The molecule has 0 unspecified atom stereocenters. The summed E-state index contributed by atoms with van der Waals surface area (Å²) in [5, 5.41) is 0. The number of nitrogens with one attached hydrogen (secondary N) is 1. The maximum absolute atomic E-state index is 4.21.